The number of rotatable bonds is 4. The number of halogens is 1. The molecule has 0 amide bonds. The van der Waals surface area contributed by atoms with Crippen molar-refractivity contribution in [3.8, 4) is 11.5 Å². The standard InChI is InChI=1S/C23H28ClN3O2/c1-3-27-13-11-23(12-14-27)25-19(16-7-9-17(24)10-8-16)15-20(26-23)18-5-4-6-21(29-2)22(18)28/h4-10,20,26,28H,3,11-15H2,1-2H3/t20-/m0/s1. The van der Waals surface area contributed by atoms with Gasteiger partial charge in [-0.2, -0.15) is 0 Å². The number of nitrogens with one attached hydrogen (secondary N) is 1. The predicted octanol–water partition coefficient (Wildman–Crippen LogP) is 4.39. The molecule has 1 saturated heterocycles. The lowest BCUT2D eigenvalue weighted by molar-refractivity contribution is 0.129. The van der Waals surface area contributed by atoms with Gasteiger partial charge in [0.25, 0.3) is 0 Å². The number of hydrogen-bond acceptors (Lipinski definition) is 5. The zero-order valence-corrected chi connectivity index (χ0v) is 17.7. The van der Waals surface area contributed by atoms with Crippen LogP contribution in [0.1, 0.15) is 43.4 Å². The number of ether oxygens (including phenoxy) is 1. The van der Waals surface area contributed by atoms with Crippen molar-refractivity contribution in [3.63, 3.8) is 0 Å². The monoisotopic (exact) mass is 413 g/mol. The topological polar surface area (TPSA) is 57.1 Å². The van der Waals surface area contributed by atoms with Crippen molar-refractivity contribution in [2.24, 2.45) is 4.99 Å². The summed E-state index contributed by atoms with van der Waals surface area (Å²) in [6.07, 6.45) is 2.58. The summed E-state index contributed by atoms with van der Waals surface area (Å²) >= 11 is 6.10. The highest BCUT2D eigenvalue weighted by Gasteiger charge is 2.40. The van der Waals surface area contributed by atoms with Gasteiger partial charge in [0.15, 0.2) is 11.5 Å². The van der Waals surface area contributed by atoms with Crippen molar-refractivity contribution >= 4 is 17.3 Å². The van der Waals surface area contributed by atoms with E-state index in [-0.39, 0.29) is 17.5 Å². The van der Waals surface area contributed by atoms with Crippen LogP contribution in [0.5, 0.6) is 11.5 Å². The summed E-state index contributed by atoms with van der Waals surface area (Å²) in [5.74, 6) is 0.695. The van der Waals surface area contributed by atoms with Gasteiger partial charge in [-0.05, 0) is 43.1 Å². The minimum absolute atomic E-state index is 0.0403. The first-order chi connectivity index (χ1) is 14.0. The molecular weight excluding hydrogens is 386 g/mol. The van der Waals surface area contributed by atoms with E-state index in [0.29, 0.717) is 12.2 Å². The quantitative estimate of drug-likeness (QED) is 0.780. The van der Waals surface area contributed by atoms with Crippen LogP contribution in [0.2, 0.25) is 5.02 Å². The Morgan fingerprint density at radius 3 is 2.59 bits per heavy atom. The number of aromatic hydroxyl groups is 1. The molecule has 1 spiro atoms. The Morgan fingerprint density at radius 1 is 1.21 bits per heavy atom. The smallest absolute Gasteiger partial charge is 0.162 e. The number of likely N-dealkylation sites (tertiary alicyclic amines) is 1. The Balaban J connectivity index is 1.72. The second kappa shape index (κ2) is 8.34. The molecule has 0 saturated carbocycles. The summed E-state index contributed by atoms with van der Waals surface area (Å²) in [4.78, 5) is 7.67. The molecular formula is C23H28ClN3O2. The number of nitrogens with zero attached hydrogens (tertiary/aromatic N) is 2. The number of para-hydroxylation sites is 1. The maximum Gasteiger partial charge on any atom is 0.162 e. The van der Waals surface area contributed by atoms with Crippen molar-refractivity contribution in [1.82, 2.24) is 10.2 Å². The van der Waals surface area contributed by atoms with Gasteiger partial charge in [-0.3, -0.25) is 10.3 Å². The van der Waals surface area contributed by atoms with E-state index in [1.807, 2.05) is 36.4 Å². The largest absolute Gasteiger partial charge is 0.504 e. The maximum absolute atomic E-state index is 10.8. The molecule has 2 heterocycles. The van der Waals surface area contributed by atoms with E-state index in [0.717, 1.165) is 54.3 Å². The maximum atomic E-state index is 10.8. The minimum Gasteiger partial charge on any atom is -0.504 e. The van der Waals surface area contributed by atoms with Gasteiger partial charge in [-0.15, -0.1) is 0 Å². The zero-order chi connectivity index (χ0) is 20.4. The average Bonchev–Trinajstić information content (AvgIpc) is 2.74. The molecule has 1 atom stereocenters. The van der Waals surface area contributed by atoms with Crippen molar-refractivity contribution in [1.29, 1.82) is 0 Å². The Morgan fingerprint density at radius 2 is 1.93 bits per heavy atom. The number of benzene rings is 2. The van der Waals surface area contributed by atoms with Crippen molar-refractivity contribution in [2.45, 2.75) is 37.9 Å². The first-order valence-electron chi connectivity index (χ1n) is 10.2. The first kappa shape index (κ1) is 20.2. The third kappa shape index (κ3) is 4.13. The number of aliphatic imine (C=N–C) groups is 1. The summed E-state index contributed by atoms with van der Waals surface area (Å²) in [6, 6.07) is 13.5. The average molecular weight is 414 g/mol. The molecule has 0 radical (unpaired) electrons. The van der Waals surface area contributed by atoms with E-state index in [1.165, 1.54) is 0 Å². The molecule has 2 aliphatic heterocycles. The number of phenols is 1. The lowest BCUT2D eigenvalue weighted by atomic mass is 9.87. The highest BCUT2D eigenvalue weighted by Crippen LogP contribution is 2.40. The highest BCUT2D eigenvalue weighted by atomic mass is 35.5. The van der Waals surface area contributed by atoms with Crippen molar-refractivity contribution in [2.75, 3.05) is 26.7 Å². The third-order valence-electron chi connectivity index (χ3n) is 6.12. The van der Waals surface area contributed by atoms with Gasteiger partial charge in [-0.1, -0.05) is 42.8 Å². The Labute approximate surface area is 177 Å². The molecule has 154 valence electrons. The fourth-order valence-corrected chi connectivity index (χ4v) is 4.52. The Kier molecular flexibility index (Phi) is 5.81. The number of hydrogen-bond donors (Lipinski definition) is 2. The van der Waals surface area contributed by atoms with Crippen LogP contribution in [0.3, 0.4) is 0 Å². The van der Waals surface area contributed by atoms with Gasteiger partial charge < -0.3 is 14.7 Å². The van der Waals surface area contributed by atoms with Crippen molar-refractivity contribution < 1.29 is 9.84 Å². The van der Waals surface area contributed by atoms with Crippen LogP contribution in [0.4, 0.5) is 0 Å². The Hall–Kier alpha value is -2.08. The van der Waals surface area contributed by atoms with Gasteiger partial charge >= 0.3 is 0 Å². The summed E-state index contributed by atoms with van der Waals surface area (Å²) in [6.45, 7) is 5.28. The predicted molar refractivity (Wildman–Crippen MR) is 117 cm³/mol. The SMILES string of the molecule is CCN1CCC2(CC1)N=C(c1ccc(Cl)cc1)C[C@@H](c1cccc(OC)c1O)N2. The fourth-order valence-electron chi connectivity index (χ4n) is 4.40. The molecule has 2 N–H and O–H groups in total. The first-order valence-corrected chi connectivity index (χ1v) is 10.6. The van der Waals surface area contributed by atoms with Crippen LogP contribution < -0.4 is 10.1 Å². The van der Waals surface area contributed by atoms with Crippen LogP contribution in [-0.4, -0.2) is 48.1 Å². The van der Waals surface area contributed by atoms with Gasteiger partial charge in [0, 0.05) is 41.8 Å². The van der Waals surface area contributed by atoms with Crippen LogP contribution in [0, 0.1) is 0 Å². The number of piperidine rings is 1. The normalized spacial score (nSPS) is 21.8. The van der Waals surface area contributed by atoms with E-state index in [2.05, 4.69) is 17.1 Å². The molecule has 6 heteroatoms. The van der Waals surface area contributed by atoms with Gasteiger partial charge in [0.1, 0.15) is 5.66 Å². The van der Waals surface area contributed by atoms with Gasteiger partial charge in [-0.25, -0.2) is 0 Å². The second-order valence-corrected chi connectivity index (χ2v) is 8.27. The molecule has 0 aliphatic carbocycles. The molecule has 0 bridgehead atoms. The molecule has 2 aliphatic rings. The molecule has 4 rings (SSSR count). The lowest BCUT2D eigenvalue weighted by Crippen LogP contribution is -2.56. The second-order valence-electron chi connectivity index (χ2n) is 7.83. The summed E-state index contributed by atoms with van der Waals surface area (Å²) < 4.78 is 5.34. The summed E-state index contributed by atoms with van der Waals surface area (Å²) in [5, 5.41) is 15.3. The zero-order valence-electron chi connectivity index (χ0n) is 17.0. The van der Waals surface area contributed by atoms with Crippen molar-refractivity contribution in [3.05, 3.63) is 58.6 Å². The molecule has 2 aromatic carbocycles. The molecule has 5 nitrogen and oxygen atoms in total. The summed E-state index contributed by atoms with van der Waals surface area (Å²) in [7, 11) is 1.58. The fraction of sp³-hybridized carbons (Fsp3) is 0.435. The number of phenolic OH excluding ortho intramolecular Hbond substituents is 1. The van der Waals surface area contributed by atoms with Gasteiger partial charge in [0.2, 0.25) is 0 Å². The van der Waals surface area contributed by atoms with E-state index >= 15 is 0 Å². The number of methoxy groups -OCH3 is 1. The molecule has 2 aromatic rings. The molecule has 1 fully saturated rings. The molecule has 0 aromatic heterocycles. The van der Waals surface area contributed by atoms with E-state index in [1.54, 1.807) is 13.2 Å². The Bertz CT molecular complexity index is 889. The van der Waals surface area contributed by atoms with Crippen LogP contribution >= 0.6 is 11.6 Å². The minimum atomic E-state index is -0.320. The third-order valence-corrected chi connectivity index (χ3v) is 6.37. The van der Waals surface area contributed by atoms with Gasteiger partial charge in [0.05, 0.1) is 7.11 Å². The summed E-state index contributed by atoms with van der Waals surface area (Å²) in [5.41, 5.74) is 2.67. The van der Waals surface area contributed by atoms with E-state index in [4.69, 9.17) is 21.3 Å². The molecule has 0 unspecified atom stereocenters. The van der Waals surface area contributed by atoms with Crippen LogP contribution in [-0.2, 0) is 0 Å². The van der Waals surface area contributed by atoms with Crippen LogP contribution in [0.15, 0.2) is 47.5 Å². The molecule has 29 heavy (non-hydrogen) atoms. The lowest BCUT2D eigenvalue weighted by Gasteiger charge is -2.45. The highest BCUT2D eigenvalue weighted by molar-refractivity contribution is 6.30. The van der Waals surface area contributed by atoms with E-state index < -0.39 is 0 Å². The van der Waals surface area contributed by atoms with Crippen LogP contribution in [0.25, 0.3) is 0 Å². The van der Waals surface area contributed by atoms with E-state index in [9.17, 15) is 5.11 Å².